The molecule has 0 atom stereocenters. The van der Waals surface area contributed by atoms with Crippen LogP contribution < -0.4 is 5.32 Å². The summed E-state index contributed by atoms with van der Waals surface area (Å²) < 4.78 is 32.1. The summed E-state index contributed by atoms with van der Waals surface area (Å²) in [5, 5.41) is 3.86. The van der Waals surface area contributed by atoms with E-state index in [4.69, 9.17) is 4.42 Å². The lowest BCUT2D eigenvalue weighted by molar-refractivity contribution is 0.457. The summed E-state index contributed by atoms with van der Waals surface area (Å²) in [6.45, 7) is 7.45. The van der Waals surface area contributed by atoms with Gasteiger partial charge in [0.15, 0.2) is 11.4 Å². The lowest BCUT2D eigenvalue weighted by atomic mass is 10.1. The summed E-state index contributed by atoms with van der Waals surface area (Å²) in [5.74, 6) is -0.595. The van der Waals surface area contributed by atoms with Crippen LogP contribution in [0.25, 0.3) is 11.0 Å². The average Bonchev–Trinajstić information content (AvgIpc) is 2.62. The van der Waals surface area contributed by atoms with E-state index in [1.54, 1.807) is 6.07 Å². The van der Waals surface area contributed by atoms with Crippen molar-refractivity contribution < 1.29 is 13.2 Å². The number of halogens is 2. The fourth-order valence-electron chi connectivity index (χ4n) is 1.92. The Bertz CT molecular complexity index is 560. The van der Waals surface area contributed by atoms with Crippen LogP contribution in [0.1, 0.15) is 25.2 Å². The Labute approximate surface area is 105 Å². The summed E-state index contributed by atoms with van der Waals surface area (Å²) >= 11 is 0. The molecule has 1 aromatic heterocycles. The van der Waals surface area contributed by atoms with Gasteiger partial charge in [-0.15, -0.1) is 0 Å². The molecule has 2 nitrogen and oxygen atoms in total. The van der Waals surface area contributed by atoms with E-state index in [0.29, 0.717) is 23.6 Å². The highest BCUT2D eigenvalue weighted by atomic mass is 19.2. The second kappa shape index (κ2) is 5.06. The van der Waals surface area contributed by atoms with Crippen molar-refractivity contribution in [2.24, 2.45) is 5.92 Å². The molecule has 0 amide bonds. The van der Waals surface area contributed by atoms with Crippen molar-refractivity contribution in [2.75, 3.05) is 6.54 Å². The minimum Gasteiger partial charge on any atom is -0.456 e. The zero-order chi connectivity index (χ0) is 13.3. The Balaban J connectivity index is 2.30. The quantitative estimate of drug-likeness (QED) is 0.897. The van der Waals surface area contributed by atoms with E-state index < -0.39 is 11.6 Å². The van der Waals surface area contributed by atoms with E-state index >= 15 is 0 Å². The Morgan fingerprint density at radius 1 is 1.28 bits per heavy atom. The first-order valence-corrected chi connectivity index (χ1v) is 6.07. The molecule has 2 rings (SSSR count). The van der Waals surface area contributed by atoms with E-state index in [-0.39, 0.29) is 5.58 Å². The molecule has 0 aliphatic heterocycles. The molecular weight excluding hydrogens is 236 g/mol. The van der Waals surface area contributed by atoms with Crippen molar-refractivity contribution in [3.05, 3.63) is 35.1 Å². The van der Waals surface area contributed by atoms with Gasteiger partial charge in [-0.3, -0.25) is 0 Å². The van der Waals surface area contributed by atoms with E-state index in [1.165, 1.54) is 0 Å². The van der Waals surface area contributed by atoms with Gasteiger partial charge in [0.25, 0.3) is 0 Å². The maximum absolute atomic E-state index is 13.6. The molecule has 98 valence electrons. The highest BCUT2D eigenvalue weighted by molar-refractivity contribution is 5.82. The summed E-state index contributed by atoms with van der Waals surface area (Å²) in [6, 6.07) is 2.68. The second-order valence-electron chi connectivity index (χ2n) is 4.91. The van der Waals surface area contributed by atoms with E-state index in [1.807, 2.05) is 6.92 Å². The lowest BCUT2D eigenvalue weighted by Crippen LogP contribution is -2.18. The molecule has 2 aromatic rings. The van der Waals surface area contributed by atoms with Gasteiger partial charge < -0.3 is 9.73 Å². The fourth-order valence-corrected chi connectivity index (χ4v) is 1.92. The molecule has 1 N–H and O–H groups in total. The zero-order valence-corrected chi connectivity index (χ0v) is 10.8. The van der Waals surface area contributed by atoms with Crippen LogP contribution in [0.2, 0.25) is 0 Å². The molecule has 0 unspecified atom stereocenters. The predicted octanol–water partition coefficient (Wildman–Crippen LogP) is 3.77. The van der Waals surface area contributed by atoms with Gasteiger partial charge in [0.1, 0.15) is 5.76 Å². The fraction of sp³-hybridized carbons (Fsp3) is 0.429. The third kappa shape index (κ3) is 2.38. The van der Waals surface area contributed by atoms with Crippen molar-refractivity contribution in [3.63, 3.8) is 0 Å². The van der Waals surface area contributed by atoms with Crippen molar-refractivity contribution in [1.29, 1.82) is 0 Å². The Hall–Kier alpha value is -1.42. The van der Waals surface area contributed by atoms with Gasteiger partial charge in [-0.1, -0.05) is 13.8 Å². The average molecular weight is 253 g/mol. The first kappa shape index (κ1) is 13.0. The van der Waals surface area contributed by atoms with Crippen LogP contribution in [0, 0.1) is 24.5 Å². The van der Waals surface area contributed by atoms with Crippen LogP contribution in [0.5, 0.6) is 0 Å². The molecule has 0 spiro atoms. The Morgan fingerprint density at radius 3 is 2.67 bits per heavy atom. The monoisotopic (exact) mass is 253 g/mol. The third-order valence-electron chi connectivity index (χ3n) is 2.94. The molecule has 0 radical (unpaired) electrons. The molecule has 0 saturated heterocycles. The molecule has 18 heavy (non-hydrogen) atoms. The topological polar surface area (TPSA) is 25.2 Å². The number of hydrogen-bond donors (Lipinski definition) is 1. The molecular formula is C14H17F2NO. The lowest BCUT2D eigenvalue weighted by Gasteiger charge is -2.05. The summed E-state index contributed by atoms with van der Waals surface area (Å²) in [7, 11) is 0. The number of hydrogen-bond acceptors (Lipinski definition) is 2. The van der Waals surface area contributed by atoms with Crippen LogP contribution in [-0.2, 0) is 6.54 Å². The smallest absolute Gasteiger partial charge is 0.201 e. The van der Waals surface area contributed by atoms with E-state index in [2.05, 4.69) is 19.2 Å². The molecule has 1 aromatic carbocycles. The van der Waals surface area contributed by atoms with Crippen molar-refractivity contribution >= 4 is 11.0 Å². The maximum Gasteiger partial charge on any atom is 0.201 e. The van der Waals surface area contributed by atoms with E-state index in [9.17, 15) is 8.78 Å². The number of nitrogens with one attached hydrogen (secondary N) is 1. The van der Waals surface area contributed by atoms with Crippen LogP contribution in [0.3, 0.4) is 0 Å². The van der Waals surface area contributed by atoms with Gasteiger partial charge in [0.05, 0.1) is 6.54 Å². The number of benzene rings is 1. The number of rotatable bonds is 4. The van der Waals surface area contributed by atoms with Gasteiger partial charge in [-0.05, 0) is 37.1 Å². The molecule has 4 heteroatoms. The number of fused-ring (bicyclic) bond motifs is 1. The number of aryl methyl sites for hydroxylation is 1. The van der Waals surface area contributed by atoms with Crippen molar-refractivity contribution in [2.45, 2.75) is 27.3 Å². The van der Waals surface area contributed by atoms with Crippen molar-refractivity contribution in [3.8, 4) is 0 Å². The molecule has 1 heterocycles. The third-order valence-corrected chi connectivity index (χ3v) is 2.94. The van der Waals surface area contributed by atoms with Gasteiger partial charge in [-0.25, -0.2) is 4.39 Å². The standard InChI is InChI=1S/C14H17F2NO/c1-8(2)6-17-7-12-9(3)10-4-5-11(15)13(16)14(10)18-12/h4-5,8,17H,6-7H2,1-3H3. The maximum atomic E-state index is 13.6. The van der Waals surface area contributed by atoms with Gasteiger partial charge in [-0.2, -0.15) is 4.39 Å². The predicted molar refractivity (Wildman–Crippen MR) is 67.4 cm³/mol. The number of furan rings is 1. The normalized spacial score (nSPS) is 11.7. The van der Waals surface area contributed by atoms with Crippen LogP contribution in [0.4, 0.5) is 8.78 Å². The van der Waals surface area contributed by atoms with Gasteiger partial charge in [0.2, 0.25) is 5.82 Å². The first-order chi connectivity index (χ1) is 8.50. The van der Waals surface area contributed by atoms with E-state index in [0.717, 1.165) is 18.2 Å². The molecule has 0 saturated carbocycles. The summed E-state index contributed by atoms with van der Waals surface area (Å²) in [5.41, 5.74) is 0.869. The van der Waals surface area contributed by atoms with Crippen molar-refractivity contribution in [1.82, 2.24) is 5.32 Å². The second-order valence-corrected chi connectivity index (χ2v) is 4.91. The van der Waals surface area contributed by atoms with Gasteiger partial charge >= 0.3 is 0 Å². The SMILES string of the molecule is Cc1c(CNCC(C)C)oc2c(F)c(F)ccc12. The highest BCUT2D eigenvalue weighted by Gasteiger charge is 2.16. The summed E-state index contributed by atoms with van der Waals surface area (Å²) in [4.78, 5) is 0. The van der Waals surface area contributed by atoms with Crippen LogP contribution in [0.15, 0.2) is 16.5 Å². The zero-order valence-electron chi connectivity index (χ0n) is 10.8. The Kier molecular flexibility index (Phi) is 3.66. The first-order valence-electron chi connectivity index (χ1n) is 6.07. The Morgan fingerprint density at radius 2 is 2.00 bits per heavy atom. The molecule has 0 bridgehead atoms. The highest BCUT2D eigenvalue weighted by Crippen LogP contribution is 2.28. The molecule has 0 aliphatic carbocycles. The largest absolute Gasteiger partial charge is 0.456 e. The molecule has 0 aliphatic rings. The molecule has 0 fully saturated rings. The minimum atomic E-state index is -0.911. The summed E-state index contributed by atoms with van der Waals surface area (Å²) in [6.07, 6.45) is 0. The van der Waals surface area contributed by atoms with Crippen LogP contribution >= 0.6 is 0 Å². The minimum absolute atomic E-state index is 0.00819. The van der Waals surface area contributed by atoms with Gasteiger partial charge in [0, 0.05) is 5.39 Å². The van der Waals surface area contributed by atoms with Crippen LogP contribution in [-0.4, -0.2) is 6.54 Å².